The van der Waals surface area contributed by atoms with Crippen LogP contribution in [0.25, 0.3) is 10.8 Å². The summed E-state index contributed by atoms with van der Waals surface area (Å²) in [5.41, 5.74) is 1.68. The van der Waals surface area contributed by atoms with Gasteiger partial charge in [0.2, 0.25) is 0 Å². The first kappa shape index (κ1) is 26.2. The van der Waals surface area contributed by atoms with Gasteiger partial charge in [0.05, 0.1) is 24.9 Å². The molecule has 6 rings (SSSR count). The van der Waals surface area contributed by atoms with Gasteiger partial charge in [0, 0.05) is 0 Å². The van der Waals surface area contributed by atoms with Crippen LogP contribution >= 0.6 is 0 Å². The highest BCUT2D eigenvalue weighted by molar-refractivity contribution is 5.95. The Morgan fingerprint density at radius 1 is 0.763 bits per heavy atom. The maximum Gasteiger partial charge on any atom is 0.337 e. The number of rotatable bonds is 4. The summed E-state index contributed by atoms with van der Waals surface area (Å²) >= 11 is 0. The van der Waals surface area contributed by atoms with E-state index in [1.54, 1.807) is 0 Å². The van der Waals surface area contributed by atoms with Crippen molar-refractivity contribution in [1.82, 2.24) is 0 Å². The van der Waals surface area contributed by atoms with E-state index in [-0.39, 0.29) is 12.1 Å². The van der Waals surface area contributed by atoms with Gasteiger partial charge in [-0.15, -0.1) is 0 Å². The van der Waals surface area contributed by atoms with Crippen LogP contribution in [0, 0.1) is 22.7 Å². The van der Waals surface area contributed by atoms with Gasteiger partial charge in [-0.1, -0.05) is 37.8 Å². The molecule has 4 saturated carbocycles. The van der Waals surface area contributed by atoms with Crippen LogP contribution < -0.4 is 4.74 Å². The van der Waals surface area contributed by atoms with E-state index in [2.05, 4.69) is 12.1 Å². The van der Waals surface area contributed by atoms with Crippen molar-refractivity contribution in [2.24, 2.45) is 22.7 Å². The van der Waals surface area contributed by atoms with Crippen molar-refractivity contribution < 1.29 is 19.4 Å². The number of aliphatic hydroxyl groups is 1. The van der Waals surface area contributed by atoms with Crippen molar-refractivity contribution in [3.63, 3.8) is 0 Å². The number of carbonyl (C=O) groups is 1. The molecule has 2 spiro atoms. The number of hydrogen-bond acceptors (Lipinski definition) is 4. The zero-order chi connectivity index (χ0) is 26.2. The fourth-order valence-corrected chi connectivity index (χ4v) is 8.98. The van der Waals surface area contributed by atoms with E-state index in [4.69, 9.17) is 9.47 Å². The minimum atomic E-state index is -0.301. The molecule has 0 saturated heterocycles. The number of hydrogen-bond donors (Lipinski definition) is 1. The number of methoxy groups -OCH3 is 1. The number of benzene rings is 2. The molecule has 4 aliphatic rings. The Hall–Kier alpha value is -2.07. The molecule has 4 aliphatic carbocycles. The number of fused-ring (bicyclic) bond motifs is 1. The quantitative estimate of drug-likeness (QED) is 0.414. The molecule has 0 radical (unpaired) electrons. The first-order valence-corrected chi connectivity index (χ1v) is 15.4. The zero-order valence-corrected chi connectivity index (χ0v) is 23.3. The van der Waals surface area contributed by atoms with E-state index in [9.17, 15) is 9.90 Å². The molecule has 4 nitrogen and oxygen atoms in total. The predicted octanol–water partition coefficient (Wildman–Crippen LogP) is 8.24. The van der Waals surface area contributed by atoms with Crippen LogP contribution in [0.1, 0.15) is 113 Å². The van der Waals surface area contributed by atoms with Crippen LogP contribution in [-0.4, -0.2) is 30.4 Å². The zero-order valence-electron chi connectivity index (χ0n) is 23.3. The number of esters is 1. The third kappa shape index (κ3) is 5.48. The lowest BCUT2D eigenvalue weighted by Crippen LogP contribution is -2.41. The van der Waals surface area contributed by atoms with E-state index < -0.39 is 0 Å². The van der Waals surface area contributed by atoms with Gasteiger partial charge in [-0.05, 0) is 135 Å². The van der Waals surface area contributed by atoms with E-state index in [1.165, 1.54) is 97.0 Å². The highest BCUT2D eigenvalue weighted by atomic mass is 16.5. The SMILES string of the molecule is COC(=O)c1ccc2cc(OC3CCC4(CCCC(C5CCCC6(CCC(O)CC6)C5)C4)CC3)ccc2c1. The summed E-state index contributed by atoms with van der Waals surface area (Å²) in [4.78, 5) is 11.9. The summed E-state index contributed by atoms with van der Waals surface area (Å²) in [6.07, 6.45) is 21.3. The molecule has 206 valence electrons. The Morgan fingerprint density at radius 2 is 1.34 bits per heavy atom. The van der Waals surface area contributed by atoms with Crippen LogP contribution in [0.5, 0.6) is 5.75 Å². The van der Waals surface area contributed by atoms with Crippen LogP contribution in [0.15, 0.2) is 36.4 Å². The second kappa shape index (κ2) is 10.8. The van der Waals surface area contributed by atoms with Gasteiger partial charge in [0.25, 0.3) is 0 Å². The first-order valence-electron chi connectivity index (χ1n) is 15.4. The predicted molar refractivity (Wildman–Crippen MR) is 151 cm³/mol. The van der Waals surface area contributed by atoms with Crippen molar-refractivity contribution in [3.05, 3.63) is 42.0 Å². The molecule has 0 bridgehead atoms. The molecule has 0 heterocycles. The van der Waals surface area contributed by atoms with E-state index in [1.807, 2.05) is 24.3 Å². The standard InChI is InChI=1S/C34H46O4/c1-37-32(36)26-7-6-25-21-31(9-8-24(25)20-26)38-30-12-18-34(19-13-30)15-3-5-28(23-34)27-4-2-14-33(22-27)16-10-29(35)11-17-33/h6-9,20-21,27-30,35H,2-5,10-19,22-23H2,1H3. The summed E-state index contributed by atoms with van der Waals surface area (Å²) < 4.78 is 11.4. The Morgan fingerprint density at radius 3 is 1.97 bits per heavy atom. The van der Waals surface area contributed by atoms with E-state index in [0.717, 1.165) is 41.2 Å². The monoisotopic (exact) mass is 518 g/mol. The van der Waals surface area contributed by atoms with Gasteiger partial charge in [0.15, 0.2) is 0 Å². The average molecular weight is 519 g/mol. The molecule has 4 heteroatoms. The second-order valence-corrected chi connectivity index (χ2v) is 13.5. The summed E-state index contributed by atoms with van der Waals surface area (Å²) in [6, 6.07) is 11.9. The number of carbonyl (C=O) groups excluding carboxylic acids is 1. The van der Waals surface area contributed by atoms with E-state index in [0.29, 0.717) is 22.5 Å². The van der Waals surface area contributed by atoms with Crippen molar-refractivity contribution >= 4 is 16.7 Å². The smallest absolute Gasteiger partial charge is 0.337 e. The largest absolute Gasteiger partial charge is 0.490 e. The van der Waals surface area contributed by atoms with Crippen LogP contribution in [-0.2, 0) is 4.74 Å². The summed E-state index contributed by atoms with van der Waals surface area (Å²) in [5.74, 6) is 2.48. The lowest BCUT2D eigenvalue weighted by Gasteiger charge is -2.51. The van der Waals surface area contributed by atoms with Gasteiger partial charge in [-0.25, -0.2) is 4.79 Å². The molecule has 1 N–H and O–H groups in total. The van der Waals surface area contributed by atoms with Gasteiger partial charge < -0.3 is 14.6 Å². The molecule has 38 heavy (non-hydrogen) atoms. The molecule has 0 aliphatic heterocycles. The molecule has 2 atom stereocenters. The molecule has 0 aromatic heterocycles. The van der Waals surface area contributed by atoms with Crippen LogP contribution in [0.3, 0.4) is 0 Å². The van der Waals surface area contributed by atoms with Crippen molar-refractivity contribution in [2.75, 3.05) is 7.11 Å². The average Bonchev–Trinajstić information content (AvgIpc) is 2.96. The molecule has 2 aromatic rings. The van der Waals surface area contributed by atoms with E-state index >= 15 is 0 Å². The minimum absolute atomic E-state index is 0.0367. The lowest BCUT2D eigenvalue weighted by molar-refractivity contribution is -0.0179. The van der Waals surface area contributed by atoms with Gasteiger partial charge in [-0.2, -0.15) is 0 Å². The van der Waals surface area contributed by atoms with Gasteiger partial charge >= 0.3 is 5.97 Å². The van der Waals surface area contributed by atoms with Gasteiger partial charge in [0.1, 0.15) is 5.75 Å². The Balaban J connectivity index is 1.05. The lowest BCUT2D eigenvalue weighted by atomic mass is 9.55. The van der Waals surface area contributed by atoms with Crippen LogP contribution in [0.4, 0.5) is 0 Å². The molecule has 2 unspecified atom stereocenters. The molecular formula is C34H46O4. The first-order chi connectivity index (χ1) is 18.4. The molecule has 2 aromatic carbocycles. The fraction of sp³-hybridized carbons (Fsp3) is 0.676. The topological polar surface area (TPSA) is 55.8 Å². The maximum atomic E-state index is 11.9. The Labute approximate surface area is 228 Å². The second-order valence-electron chi connectivity index (χ2n) is 13.5. The van der Waals surface area contributed by atoms with Crippen molar-refractivity contribution in [3.8, 4) is 5.75 Å². The van der Waals surface area contributed by atoms with Gasteiger partial charge in [-0.3, -0.25) is 0 Å². The van der Waals surface area contributed by atoms with Crippen LogP contribution in [0.2, 0.25) is 0 Å². The summed E-state index contributed by atoms with van der Waals surface area (Å²) in [6.45, 7) is 0. The van der Waals surface area contributed by atoms with Crippen molar-refractivity contribution in [1.29, 1.82) is 0 Å². The molecule has 0 amide bonds. The summed E-state index contributed by atoms with van der Waals surface area (Å²) in [7, 11) is 1.42. The Kier molecular flexibility index (Phi) is 7.46. The highest BCUT2D eigenvalue weighted by Crippen LogP contribution is 2.56. The minimum Gasteiger partial charge on any atom is -0.490 e. The maximum absolute atomic E-state index is 11.9. The van der Waals surface area contributed by atoms with Crippen molar-refractivity contribution in [2.45, 2.75) is 115 Å². The third-order valence-corrected chi connectivity index (χ3v) is 11.2. The summed E-state index contributed by atoms with van der Waals surface area (Å²) in [5, 5.41) is 12.2. The molecule has 4 fully saturated rings. The molecular weight excluding hydrogens is 472 g/mol. The number of aliphatic hydroxyl groups excluding tert-OH is 1. The normalized spacial score (nSPS) is 35.8. The Bertz CT molecular complexity index is 1120. The third-order valence-electron chi connectivity index (χ3n) is 11.2. The number of ether oxygens (including phenoxy) is 2. The highest BCUT2D eigenvalue weighted by Gasteiger charge is 2.45. The fourth-order valence-electron chi connectivity index (χ4n) is 8.98.